The van der Waals surface area contributed by atoms with Crippen LogP contribution in [-0.2, 0) is 0 Å². The molecule has 0 spiro atoms. The maximum absolute atomic E-state index is 4.54. The number of H-pyrrole nitrogens is 1. The lowest BCUT2D eigenvalue weighted by atomic mass is 10.1. The quantitative estimate of drug-likeness (QED) is 0.685. The highest BCUT2D eigenvalue weighted by Crippen LogP contribution is 2.26. The molecule has 6 heteroatoms. The number of hydrogen-bond acceptors (Lipinski definition) is 5. The van der Waals surface area contributed by atoms with Crippen molar-refractivity contribution in [3.8, 4) is 0 Å². The van der Waals surface area contributed by atoms with Crippen molar-refractivity contribution in [1.82, 2.24) is 20.2 Å². The van der Waals surface area contributed by atoms with E-state index in [1.54, 1.807) is 6.20 Å². The van der Waals surface area contributed by atoms with Gasteiger partial charge in [-0.25, -0.2) is 0 Å². The molecule has 108 valence electrons. The summed E-state index contributed by atoms with van der Waals surface area (Å²) < 4.78 is 0. The molecule has 0 amide bonds. The van der Waals surface area contributed by atoms with Crippen LogP contribution in [0.25, 0.3) is 11.0 Å². The van der Waals surface area contributed by atoms with Crippen molar-refractivity contribution >= 4 is 28.5 Å². The third-order valence-corrected chi connectivity index (χ3v) is 3.29. The van der Waals surface area contributed by atoms with Crippen molar-refractivity contribution in [1.29, 1.82) is 0 Å². The van der Waals surface area contributed by atoms with Gasteiger partial charge < -0.3 is 10.6 Å². The van der Waals surface area contributed by atoms with Gasteiger partial charge in [0.15, 0.2) is 5.65 Å². The number of benzene rings is 1. The van der Waals surface area contributed by atoms with Gasteiger partial charge in [0.25, 0.3) is 0 Å². The predicted octanol–water partition coefficient (Wildman–Crippen LogP) is 3.15. The van der Waals surface area contributed by atoms with E-state index in [1.165, 1.54) is 11.1 Å². The van der Waals surface area contributed by atoms with Crippen molar-refractivity contribution in [2.45, 2.75) is 20.8 Å². The molecule has 0 aliphatic rings. The minimum absolute atomic E-state index is 0.585. The number of hydrogen-bond donors (Lipinski definition) is 3. The second-order valence-electron chi connectivity index (χ2n) is 5.00. The van der Waals surface area contributed by atoms with E-state index in [0.717, 1.165) is 23.4 Å². The number of anilines is 3. The monoisotopic (exact) mass is 282 g/mol. The van der Waals surface area contributed by atoms with Gasteiger partial charge in [-0.2, -0.15) is 15.1 Å². The summed E-state index contributed by atoms with van der Waals surface area (Å²) in [5.41, 5.74) is 4.13. The summed E-state index contributed by atoms with van der Waals surface area (Å²) in [5, 5.41) is 14.3. The number of aromatic amines is 1. The molecular formula is C15H18N6. The average molecular weight is 282 g/mol. The van der Waals surface area contributed by atoms with Gasteiger partial charge in [0.1, 0.15) is 5.82 Å². The van der Waals surface area contributed by atoms with Crippen LogP contribution in [0.2, 0.25) is 0 Å². The van der Waals surface area contributed by atoms with Crippen LogP contribution in [0.1, 0.15) is 18.1 Å². The molecule has 3 aromatic rings. The highest BCUT2D eigenvalue weighted by molar-refractivity contribution is 5.89. The third kappa shape index (κ3) is 2.65. The Bertz CT molecular complexity index is 777. The topological polar surface area (TPSA) is 78.5 Å². The highest BCUT2D eigenvalue weighted by atomic mass is 15.2. The van der Waals surface area contributed by atoms with Gasteiger partial charge in [-0.3, -0.25) is 5.10 Å². The molecule has 3 N–H and O–H groups in total. The Labute approximate surface area is 123 Å². The Kier molecular flexibility index (Phi) is 3.43. The number of nitrogens with one attached hydrogen (secondary N) is 3. The van der Waals surface area contributed by atoms with Crippen LogP contribution in [0, 0.1) is 13.8 Å². The van der Waals surface area contributed by atoms with E-state index < -0.39 is 0 Å². The molecule has 0 unspecified atom stereocenters. The molecule has 1 aromatic carbocycles. The zero-order chi connectivity index (χ0) is 14.8. The van der Waals surface area contributed by atoms with E-state index in [0.29, 0.717) is 11.6 Å². The molecule has 0 aliphatic carbocycles. The first kappa shape index (κ1) is 13.4. The van der Waals surface area contributed by atoms with Gasteiger partial charge in [-0.1, -0.05) is 12.1 Å². The van der Waals surface area contributed by atoms with Crippen molar-refractivity contribution in [2.24, 2.45) is 0 Å². The lowest BCUT2D eigenvalue weighted by Crippen LogP contribution is -2.05. The molecule has 2 heterocycles. The van der Waals surface area contributed by atoms with Crippen molar-refractivity contribution in [3.63, 3.8) is 0 Å². The largest absolute Gasteiger partial charge is 0.354 e. The fraction of sp³-hybridized carbons (Fsp3) is 0.267. The van der Waals surface area contributed by atoms with Crippen molar-refractivity contribution < 1.29 is 0 Å². The third-order valence-electron chi connectivity index (χ3n) is 3.29. The smallest absolute Gasteiger partial charge is 0.226 e. The summed E-state index contributed by atoms with van der Waals surface area (Å²) in [7, 11) is 0. The van der Waals surface area contributed by atoms with Gasteiger partial charge >= 0.3 is 0 Å². The Morgan fingerprint density at radius 3 is 2.86 bits per heavy atom. The number of nitrogens with zero attached hydrogens (tertiary/aromatic N) is 3. The minimum Gasteiger partial charge on any atom is -0.354 e. The molecule has 0 fully saturated rings. The number of aromatic nitrogens is 4. The Balaban J connectivity index is 2.06. The van der Waals surface area contributed by atoms with Gasteiger partial charge in [0, 0.05) is 12.2 Å². The molecule has 0 saturated carbocycles. The van der Waals surface area contributed by atoms with E-state index in [1.807, 2.05) is 6.92 Å². The van der Waals surface area contributed by atoms with Crippen LogP contribution < -0.4 is 10.6 Å². The van der Waals surface area contributed by atoms with E-state index in [-0.39, 0.29) is 0 Å². The Morgan fingerprint density at radius 2 is 2.05 bits per heavy atom. The van der Waals surface area contributed by atoms with E-state index in [9.17, 15) is 0 Å². The summed E-state index contributed by atoms with van der Waals surface area (Å²) in [4.78, 5) is 8.92. The number of rotatable bonds is 4. The first-order chi connectivity index (χ1) is 10.2. The van der Waals surface area contributed by atoms with Crippen molar-refractivity contribution in [2.75, 3.05) is 17.2 Å². The van der Waals surface area contributed by atoms with Crippen molar-refractivity contribution in [3.05, 3.63) is 35.5 Å². The lowest BCUT2D eigenvalue weighted by Gasteiger charge is -2.11. The SMILES string of the molecule is CCNc1nc(Nc2cc(C)ccc2C)c2cn[nH]c2n1. The summed E-state index contributed by atoms with van der Waals surface area (Å²) in [6, 6.07) is 6.30. The molecule has 3 rings (SSSR count). The van der Waals surface area contributed by atoms with Gasteiger partial charge in [0.05, 0.1) is 11.6 Å². The zero-order valence-electron chi connectivity index (χ0n) is 12.4. The predicted molar refractivity (Wildman–Crippen MR) is 85.0 cm³/mol. The highest BCUT2D eigenvalue weighted by Gasteiger charge is 2.10. The van der Waals surface area contributed by atoms with E-state index in [4.69, 9.17) is 0 Å². The molecule has 6 nitrogen and oxygen atoms in total. The summed E-state index contributed by atoms with van der Waals surface area (Å²) >= 11 is 0. The summed E-state index contributed by atoms with van der Waals surface area (Å²) in [6.45, 7) is 6.92. The first-order valence-electron chi connectivity index (χ1n) is 6.96. The molecule has 2 aromatic heterocycles. The molecule has 21 heavy (non-hydrogen) atoms. The van der Waals surface area contributed by atoms with Crippen LogP contribution in [0.15, 0.2) is 24.4 Å². The second-order valence-corrected chi connectivity index (χ2v) is 5.00. The molecule has 0 bridgehead atoms. The minimum atomic E-state index is 0.585. The number of fused-ring (bicyclic) bond motifs is 1. The molecule has 0 saturated heterocycles. The zero-order valence-corrected chi connectivity index (χ0v) is 12.4. The first-order valence-corrected chi connectivity index (χ1v) is 6.96. The van der Waals surface area contributed by atoms with Crippen LogP contribution in [0.3, 0.4) is 0 Å². The van der Waals surface area contributed by atoms with E-state index in [2.05, 4.69) is 62.8 Å². The molecule has 0 aliphatic heterocycles. The van der Waals surface area contributed by atoms with Gasteiger partial charge in [-0.05, 0) is 38.0 Å². The average Bonchev–Trinajstić information content (AvgIpc) is 2.92. The molecule has 0 radical (unpaired) electrons. The number of aryl methyl sites for hydroxylation is 2. The van der Waals surface area contributed by atoms with Gasteiger partial charge in [-0.15, -0.1) is 0 Å². The van der Waals surface area contributed by atoms with Gasteiger partial charge in [0.2, 0.25) is 5.95 Å². The molecular weight excluding hydrogens is 264 g/mol. The maximum Gasteiger partial charge on any atom is 0.226 e. The lowest BCUT2D eigenvalue weighted by molar-refractivity contribution is 1.07. The van der Waals surface area contributed by atoms with Crippen LogP contribution in [0.5, 0.6) is 0 Å². The fourth-order valence-corrected chi connectivity index (χ4v) is 2.17. The standard InChI is InChI=1S/C15H18N6/c1-4-16-15-19-13(11-8-17-21-14(11)20-15)18-12-7-9(2)5-6-10(12)3/h5-8H,4H2,1-3H3,(H3,16,17,18,19,20,21). The van der Waals surface area contributed by atoms with Crippen LogP contribution in [-0.4, -0.2) is 26.7 Å². The fourth-order valence-electron chi connectivity index (χ4n) is 2.17. The molecule has 0 atom stereocenters. The second kappa shape index (κ2) is 5.40. The maximum atomic E-state index is 4.54. The Hall–Kier alpha value is -2.63. The Morgan fingerprint density at radius 1 is 1.19 bits per heavy atom. The van der Waals surface area contributed by atoms with E-state index >= 15 is 0 Å². The van der Waals surface area contributed by atoms with Crippen LogP contribution in [0.4, 0.5) is 17.5 Å². The van der Waals surface area contributed by atoms with Crippen LogP contribution >= 0.6 is 0 Å². The summed E-state index contributed by atoms with van der Waals surface area (Å²) in [5.74, 6) is 1.33. The normalized spacial score (nSPS) is 10.8. The summed E-state index contributed by atoms with van der Waals surface area (Å²) in [6.07, 6.45) is 1.73.